The highest BCUT2D eigenvalue weighted by Crippen LogP contribution is 2.33. The van der Waals surface area contributed by atoms with Crippen molar-refractivity contribution in [3.8, 4) is 11.5 Å². The Kier molecular flexibility index (Phi) is 5.98. The highest BCUT2D eigenvalue weighted by molar-refractivity contribution is 7.15. The monoisotopic (exact) mass is 496 g/mol. The molecule has 0 bridgehead atoms. The van der Waals surface area contributed by atoms with Crippen LogP contribution in [-0.4, -0.2) is 22.6 Å². The van der Waals surface area contributed by atoms with E-state index in [0.29, 0.717) is 37.5 Å². The van der Waals surface area contributed by atoms with E-state index in [-0.39, 0.29) is 12.2 Å². The van der Waals surface area contributed by atoms with Crippen LogP contribution in [0.25, 0.3) is 22.1 Å². The molecule has 2 heterocycles. The third-order valence-electron chi connectivity index (χ3n) is 5.15. The number of hydrogen-bond donors (Lipinski definition) is 0. The van der Waals surface area contributed by atoms with Gasteiger partial charge in [0, 0.05) is 10.6 Å². The summed E-state index contributed by atoms with van der Waals surface area (Å²) in [4.78, 5) is 18.3. The van der Waals surface area contributed by atoms with E-state index in [1.54, 1.807) is 22.6 Å². The molecule has 2 aromatic heterocycles. The highest BCUT2D eigenvalue weighted by atomic mass is 35.5. The van der Waals surface area contributed by atoms with Crippen molar-refractivity contribution >= 4 is 56.6 Å². The Hall–Kier alpha value is -3.06. The quantitative estimate of drug-likeness (QED) is 0.290. The van der Waals surface area contributed by atoms with Gasteiger partial charge in [-0.05, 0) is 48.9 Å². The van der Waals surface area contributed by atoms with Gasteiger partial charge >= 0.3 is 0 Å². The van der Waals surface area contributed by atoms with Crippen molar-refractivity contribution in [2.45, 2.75) is 6.92 Å². The van der Waals surface area contributed by atoms with Gasteiger partial charge in [0.1, 0.15) is 24.7 Å². The smallest absolute Gasteiger partial charge is 0.274 e. The fourth-order valence-electron chi connectivity index (χ4n) is 3.61. The molecule has 0 aliphatic rings. The number of nitrogens with zero attached hydrogens (tertiary/aromatic N) is 2. The van der Waals surface area contributed by atoms with E-state index >= 15 is 0 Å². The highest BCUT2D eigenvalue weighted by Gasteiger charge is 2.14. The zero-order chi connectivity index (χ0) is 22.9. The molecular formula is C25H18Cl2N2O3S. The van der Waals surface area contributed by atoms with Crippen LogP contribution in [0.5, 0.6) is 11.5 Å². The van der Waals surface area contributed by atoms with Gasteiger partial charge in [0.2, 0.25) is 0 Å². The molecule has 0 saturated heterocycles. The summed E-state index contributed by atoms with van der Waals surface area (Å²) >= 11 is 14.0. The standard InChI is InChI=1S/C25H18Cl2N2O3S/c1-15-6-2-5-9-21(15)31-10-11-32-23-16(12-17(26)14-18(23)27)13-22-24(30)29-20-8-4-3-7-19(20)28-25(29)33-22/h2-9,12-14H,10-11H2,1H3/b22-13-. The number of thiazole rings is 1. The maximum absolute atomic E-state index is 13.1. The van der Waals surface area contributed by atoms with Crippen molar-refractivity contribution in [3.63, 3.8) is 0 Å². The van der Waals surface area contributed by atoms with E-state index in [1.165, 1.54) is 11.3 Å². The molecule has 0 aliphatic carbocycles. The largest absolute Gasteiger partial charge is 0.490 e. The molecule has 5 nitrogen and oxygen atoms in total. The first-order valence-electron chi connectivity index (χ1n) is 10.2. The maximum atomic E-state index is 13.1. The third-order valence-corrected chi connectivity index (χ3v) is 6.62. The number of fused-ring (bicyclic) bond motifs is 3. The molecule has 0 radical (unpaired) electrons. The molecule has 5 rings (SSSR count). The summed E-state index contributed by atoms with van der Waals surface area (Å²) < 4.78 is 13.9. The summed E-state index contributed by atoms with van der Waals surface area (Å²) in [5, 5.41) is 0.817. The van der Waals surface area contributed by atoms with Crippen LogP contribution in [0, 0.1) is 6.92 Å². The Morgan fingerprint density at radius 2 is 1.79 bits per heavy atom. The van der Waals surface area contributed by atoms with Gasteiger partial charge in [-0.3, -0.25) is 4.79 Å². The van der Waals surface area contributed by atoms with E-state index in [9.17, 15) is 4.79 Å². The predicted molar refractivity (Wildman–Crippen MR) is 134 cm³/mol. The van der Waals surface area contributed by atoms with Crippen LogP contribution in [0.15, 0.2) is 65.5 Å². The molecule has 8 heteroatoms. The lowest BCUT2D eigenvalue weighted by molar-refractivity contribution is 0.216. The molecule has 0 fully saturated rings. The van der Waals surface area contributed by atoms with Gasteiger partial charge in [-0.2, -0.15) is 0 Å². The molecule has 33 heavy (non-hydrogen) atoms. The summed E-state index contributed by atoms with van der Waals surface area (Å²) in [5.41, 5.74) is 3.09. The average molecular weight is 497 g/mol. The average Bonchev–Trinajstić information content (AvgIpc) is 3.30. The van der Waals surface area contributed by atoms with Crippen molar-refractivity contribution in [1.82, 2.24) is 9.38 Å². The number of imidazole rings is 1. The second-order valence-corrected chi connectivity index (χ2v) is 9.26. The third kappa shape index (κ3) is 4.29. The Labute approximate surface area is 203 Å². The summed E-state index contributed by atoms with van der Waals surface area (Å²) in [7, 11) is 0. The summed E-state index contributed by atoms with van der Waals surface area (Å²) in [6, 6.07) is 18.7. The molecule has 0 unspecified atom stereocenters. The Balaban J connectivity index is 1.46. The van der Waals surface area contributed by atoms with Gasteiger partial charge in [-0.1, -0.05) is 64.9 Å². The van der Waals surface area contributed by atoms with Crippen LogP contribution in [0.3, 0.4) is 0 Å². The predicted octanol–water partition coefficient (Wildman–Crippen LogP) is 5.53. The Morgan fingerprint density at radius 1 is 1.03 bits per heavy atom. The topological polar surface area (TPSA) is 52.8 Å². The Bertz CT molecular complexity index is 1590. The van der Waals surface area contributed by atoms with Crippen LogP contribution in [0.2, 0.25) is 10.0 Å². The van der Waals surface area contributed by atoms with E-state index in [1.807, 2.05) is 55.5 Å². The molecule has 5 aromatic rings. The molecule has 0 N–H and O–H groups in total. The molecule has 166 valence electrons. The van der Waals surface area contributed by atoms with Crippen molar-refractivity contribution in [1.29, 1.82) is 0 Å². The minimum Gasteiger partial charge on any atom is -0.490 e. The summed E-state index contributed by atoms with van der Waals surface area (Å²) in [6.07, 6.45) is 1.74. The molecule has 3 aromatic carbocycles. The normalized spacial score (nSPS) is 12.0. The SMILES string of the molecule is Cc1ccccc1OCCOc1c(Cl)cc(Cl)cc1/C=c1\sc2nc3ccccc3n2c1=O. The van der Waals surface area contributed by atoms with Crippen LogP contribution in [0.1, 0.15) is 11.1 Å². The molecular weight excluding hydrogens is 479 g/mol. The fraction of sp³-hybridized carbons (Fsp3) is 0.120. The molecule has 0 atom stereocenters. The number of ether oxygens (including phenoxy) is 2. The number of halogens is 2. The first-order chi connectivity index (χ1) is 16.0. The lowest BCUT2D eigenvalue weighted by Gasteiger charge is -2.13. The number of hydrogen-bond acceptors (Lipinski definition) is 5. The van der Waals surface area contributed by atoms with Gasteiger partial charge in [0.25, 0.3) is 5.56 Å². The van der Waals surface area contributed by atoms with Gasteiger partial charge in [0.15, 0.2) is 4.96 Å². The van der Waals surface area contributed by atoms with Crippen molar-refractivity contribution in [2.75, 3.05) is 13.2 Å². The number of para-hydroxylation sites is 3. The van der Waals surface area contributed by atoms with Crippen molar-refractivity contribution in [3.05, 3.63) is 96.7 Å². The second-order valence-electron chi connectivity index (χ2n) is 7.40. The first kappa shape index (κ1) is 21.8. The van der Waals surface area contributed by atoms with Crippen LogP contribution in [0.4, 0.5) is 0 Å². The number of aryl methyl sites for hydroxylation is 1. The van der Waals surface area contributed by atoms with Gasteiger partial charge in [-0.25, -0.2) is 9.38 Å². The fourth-order valence-corrected chi connectivity index (χ4v) is 5.15. The van der Waals surface area contributed by atoms with E-state index < -0.39 is 0 Å². The van der Waals surface area contributed by atoms with Crippen molar-refractivity contribution < 1.29 is 9.47 Å². The zero-order valence-electron chi connectivity index (χ0n) is 17.5. The second kappa shape index (κ2) is 9.06. The molecule has 0 saturated carbocycles. The zero-order valence-corrected chi connectivity index (χ0v) is 19.9. The van der Waals surface area contributed by atoms with Crippen LogP contribution < -0.4 is 19.6 Å². The molecule has 0 aliphatic heterocycles. The van der Waals surface area contributed by atoms with Gasteiger partial charge in [0.05, 0.1) is 20.6 Å². The van der Waals surface area contributed by atoms with Gasteiger partial charge in [-0.15, -0.1) is 0 Å². The Morgan fingerprint density at radius 3 is 2.64 bits per heavy atom. The molecule has 0 amide bonds. The van der Waals surface area contributed by atoms with Crippen molar-refractivity contribution in [2.24, 2.45) is 0 Å². The van der Waals surface area contributed by atoms with E-state index in [4.69, 9.17) is 32.7 Å². The summed E-state index contributed by atoms with van der Waals surface area (Å²) in [5.74, 6) is 1.25. The van der Waals surface area contributed by atoms with E-state index in [0.717, 1.165) is 22.3 Å². The number of benzene rings is 3. The first-order valence-corrected chi connectivity index (χ1v) is 11.8. The van der Waals surface area contributed by atoms with E-state index in [2.05, 4.69) is 4.98 Å². The number of rotatable bonds is 6. The van der Waals surface area contributed by atoms with Gasteiger partial charge < -0.3 is 9.47 Å². The number of aromatic nitrogens is 2. The minimum atomic E-state index is -0.145. The summed E-state index contributed by atoms with van der Waals surface area (Å²) in [6.45, 7) is 2.61. The molecule has 0 spiro atoms. The van der Waals surface area contributed by atoms with Crippen LogP contribution >= 0.6 is 34.5 Å². The minimum absolute atomic E-state index is 0.145. The maximum Gasteiger partial charge on any atom is 0.274 e. The lowest BCUT2D eigenvalue weighted by atomic mass is 10.2. The van der Waals surface area contributed by atoms with Crippen LogP contribution in [-0.2, 0) is 0 Å². The lowest BCUT2D eigenvalue weighted by Crippen LogP contribution is -2.22.